The molecule has 0 radical (unpaired) electrons. The van der Waals surface area contributed by atoms with Gasteiger partial charge in [0.25, 0.3) is 11.6 Å². The number of nitrogens with zero attached hydrogens (tertiary/aromatic N) is 3. The van der Waals surface area contributed by atoms with Crippen LogP contribution in [0.4, 0.5) is 5.69 Å². The highest BCUT2D eigenvalue weighted by Crippen LogP contribution is 2.20. The molecule has 1 aromatic carbocycles. The lowest BCUT2D eigenvalue weighted by molar-refractivity contribution is -0.384. The standard InChI is InChI=1S/C9H6ClN3O3/c10-5-8-11-9(16-12-8)6-1-3-7(4-2-6)13(14)15/h1-4H,5H2. The first-order valence-electron chi connectivity index (χ1n) is 4.34. The van der Waals surface area contributed by atoms with Crippen LogP contribution in [0.25, 0.3) is 11.5 Å². The zero-order valence-electron chi connectivity index (χ0n) is 7.96. The van der Waals surface area contributed by atoms with E-state index in [1.807, 2.05) is 0 Å². The third kappa shape index (κ3) is 2.01. The molecule has 0 spiro atoms. The van der Waals surface area contributed by atoms with Crippen molar-refractivity contribution in [3.63, 3.8) is 0 Å². The summed E-state index contributed by atoms with van der Waals surface area (Å²) in [6.45, 7) is 0. The van der Waals surface area contributed by atoms with Gasteiger partial charge in [0.15, 0.2) is 5.82 Å². The molecule has 0 unspecified atom stereocenters. The Hall–Kier alpha value is -1.95. The van der Waals surface area contributed by atoms with Gasteiger partial charge in [0, 0.05) is 17.7 Å². The van der Waals surface area contributed by atoms with E-state index < -0.39 is 4.92 Å². The second-order valence-electron chi connectivity index (χ2n) is 2.95. The SMILES string of the molecule is O=[N+]([O-])c1ccc(-c2nc(CCl)no2)cc1. The van der Waals surface area contributed by atoms with Gasteiger partial charge in [0.05, 0.1) is 10.8 Å². The van der Waals surface area contributed by atoms with E-state index in [9.17, 15) is 10.1 Å². The van der Waals surface area contributed by atoms with Crippen LogP contribution < -0.4 is 0 Å². The second kappa shape index (κ2) is 4.28. The average molecular weight is 240 g/mol. The van der Waals surface area contributed by atoms with Gasteiger partial charge in [0.2, 0.25) is 0 Å². The molecule has 7 heteroatoms. The Morgan fingerprint density at radius 3 is 2.56 bits per heavy atom. The highest BCUT2D eigenvalue weighted by molar-refractivity contribution is 6.16. The number of alkyl halides is 1. The van der Waals surface area contributed by atoms with E-state index in [4.69, 9.17) is 16.1 Å². The summed E-state index contributed by atoms with van der Waals surface area (Å²) in [6, 6.07) is 5.84. The zero-order valence-corrected chi connectivity index (χ0v) is 8.72. The van der Waals surface area contributed by atoms with Gasteiger partial charge < -0.3 is 4.52 Å². The van der Waals surface area contributed by atoms with E-state index in [1.54, 1.807) is 12.1 Å². The Kier molecular flexibility index (Phi) is 2.82. The summed E-state index contributed by atoms with van der Waals surface area (Å²) in [4.78, 5) is 14.0. The fourth-order valence-corrected chi connectivity index (χ4v) is 1.26. The van der Waals surface area contributed by atoms with E-state index in [2.05, 4.69) is 10.1 Å². The lowest BCUT2D eigenvalue weighted by Crippen LogP contribution is -1.87. The molecule has 0 saturated heterocycles. The smallest absolute Gasteiger partial charge is 0.269 e. The highest BCUT2D eigenvalue weighted by atomic mass is 35.5. The van der Waals surface area contributed by atoms with Crippen molar-refractivity contribution < 1.29 is 9.45 Å². The molecule has 0 aliphatic rings. The number of nitro groups is 1. The van der Waals surface area contributed by atoms with Gasteiger partial charge in [-0.25, -0.2) is 0 Å². The zero-order chi connectivity index (χ0) is 11.5. The Morgan fingerprint density at radius 2 is 2.06 bits per heavy atom. The fourth-order valence-electron chi connectivity index (χ4n) is 1.15. The van der Waals surface area contributed by atoms with Crippen LogP contribution in [0.15, 0.2) is 28.8 Å². The maximum absolute atomic E-state index is 10.4. The molecule has 0 aliphatic carbocycles. The number of benzene rings is 1. The van der Waals surface area contributed by atoms with E-state index >= 15 is 0 Å². The summed E-state index contributed by atoms with van der Waals surface area (Å²) < 4.78 is 4.93. The van der Waals surface area contributed by atoms with Gasteiger partial charge >= 0.3 is 0 Å². The van der Waals surface area contributed by atoms with Gasteiger partial charge in [-0.1, -0.05) is 5.16 Å². The molecule has 16 heavy (non-hydrogen) atoms. The minimum absolute atomic E-state index is 0.0147. The van der Waals surface area contributed by atoms with Gasteiger partial charge in [0.1, 0.15) is 0 Å². The molecule has 0 N–H and O–H groups in total. The number of halogens is 1. The molecule has 0 amide bonds. The van der Waals surface area contributed by atoms with Crippen molar-refractivity contribution in [1.82, 2.24) is 10.1 Å². The molecule has 6 nitrogen and oxygen atoms in total. The van der Waals surface area contributed by atoms with Crippen LogP contribution in [0.5, 0.6) is 0 Å². The molecule has 0 fully saturated rings. The molecule has 2 aromatic rings. The minimum atomic E-state index is -0.470. The van der Waals surface area contributed by atoms with Gasteiger partial charge in [-0.05, 0) is 12.1 Å². The number of hydrogen-bond acceptors (Lipinski definition) is 5. The van der Waals surface area contributed by atoms with Crippen LogP contribution >= 0.6 is 11.6 Å². The predicted octanol–water partition coefficient (Wildman–Crippen LogP) is 2.38. The summed E-state index contributed by atoms with van der Waals surface area (Å²) in [5.74, 6) is 0.844. The van der Waals surface area contributed by atoms with Crippen LogP contribution in [0.1, 0.15) is 5.82 Å². The maximum atomic E-state index is 10.4. The summed E-state index contributed by atoms with van der Waals surface area (Å²) in [5, 5.41) is 14.1. The van der Waals surface area contributed by atoms with Gasteiger partial charge in [-0.3, -0.25) is 10.1 Å². The molecule has 0 saturated carbocycles. The number of nitro benzene ring substituents is 1. The quantitative estimate of drug-likeness (QED) is 0.467. The molecular formula is C9H6ClN3O3. The molecule has 1 heterocycles. The average Bonchev–Trinajstić information content (AvgIpc) is 2.77. The number of hydrogen-bond donors (Lipinski definition) is 0. The van der Waals surface area contributed by atoms with Crippen molar-refractivity contribution in [2.75, 3.05) is 0 Å². The summed E-state index contributed by atoms with van der Waals surface area (Å²) in [5.41, 5.74) is 0.635. The van der Waals surface area contributed by atoms with Crippen LogP contribution in [0.3, 0.4) is 0 Å². The van der Waals surface area contributed by atoms with Crippen molar-refractivity contribution >= 4 is 17.3 Å². The van der Waals surface area contributed by atoms with Gasteiger partial charge in [-0.2, -0.15) is 4.98 Å². The molecule has 2 rings (SSSR count). The molecule has 0 atom stereocenters. The van der Waals surface area contributed by atoms with Crippen molar-refractivity contribution in [2.45, 2.75) is 5.88 Å². The predicted molar refractivity (Wildman–Crippen MR) is 55.9 cm³/mol. The first-order valence-corrected chi connectivity index (χ1v) is 4.87. The van der Waals surface area contributed by atoms with Crippen molar-refractivity contribution in [1.29, 1.82) is 0 Å². The van der Waals surface area contributed by atoms with E-state index in [0.29, 0.717) is 17.3 Å². The number of aromatic nitrogens is 2. The lowest BCUT2D eigenvalue weighted by Gasteiger charge is -1.93. The van der Waals surface area contributed by atoms with Crippen molar-refractivity contribution in [2.24, 2.45) is 0 Å². The van der Waals surface area contributed by atoms with E-state index in [0.717, 1.165) is 0 Å². The Bertz CT molecular complexity index is 509. The molecule has 1 aromatic heterocycles. The lowest BCUT2D eigenvalue weighted by atomic mass is 10.2. The molecular weight excluding hydrogens is 234 g/mol. The van der Waals surface area contributed by atoms with E-state index in [-0.39, 0.29) is 11.6 Å². The third-order valence-corrected chi connectivity index (χ3v) is 2.15. The Labute approximate surface area is 95.0 Å². The second-order valence-corrected chi connectivity index (χ2v) is 3.22. The Morgan fingerprint density at radius 1 is 1.38 bits per heavy atom. The van der Waals surface area contributed by atoms with E-state index in [1.165, 1.54) is 12.1 Å². The fraction of sp³-hybridized carbons (Fsp3) is 0.111. The van der Waals surface area contributed by atoms with Crippen molar-refractivity contribution in [3.8, 4) is 11.5 Å². The topological polar surface area (TPSA) is 82.1 Å². The third-order valence-electron chi connectivity index (χ3n) is 1.91. The first kappa shape index (κ1) is 10.6. The monoisotopic (exact) mass is 239 g/mol. The van der Waals surface area contributed by atoms with Crippen LogP contribution in [-0.2, 0) is 5.88 Å². The molecule has 82 valence electrons. The summed E-state index contributed by atoms with van der Waals surface area (Å²) >= 11 is 5.52. The Balaban J connectivity index is 2.30. The normalized spacial score (nSPS) is 10.3. The highest BCUT2D eigenvalue weighted by Gasteiger charge is 2.10. The molecule has 0 bridgehead atoms. The van der Waals surface area contributed by atoms with Crippen LogP contribution in [-0.4, -0.2) is 15.1 Å². The maximum Gasteiger partial charge on any atom is 0.269 e. The molecule has 0 aliphatic heterocycles. The minimum Gasteiger partial charge on any atom is -0.334 e. The van der Waals surface area contributed by atoms with Crippen molar-refractivity contribution in [3.05, 3.63) is 40.2 Å². The van der Waals surface area contributed by atoms with Crippen LogP contribution in [0.2, 0.25) is 0 Å². The van der Waals surface area contributed by atoms with Gasteiger partial charge in [-0.15, -0.1) is 11.6 Å². The largest absolute Gasteiger partial charge is 0.334 e. The number of non-ortho nitro benzene ring substituents is 1. The summed E-state index contributed by atoms with van der Waals surface area (Å²) in [6.07, 6.45) is 0. The first-order chi connectivity index (χ1) is 7.70. The number of rotatable bonds is 3. The summed E-state index contributed by atoms with van der Waals surface area (Å²) in [7, 11) is 0. The van der Waals surface area contributed by atoms with Crippen LogP contribution in [0, 0.1) is 10.1 Å².